The predicted molar refractivity (Wildman–Crippen MR) is 72.5 cm³/mol. The molecule has 0 aliphatic carbocycles. The van der Waals surface area contributed by atoms with Crippen LogP contribution in [0.4, 0.5) is 0 Å². The molecule has 1 heterocycles. The largest absolute Gasteiger partial charge is 0.487 e. The fourth-order valence-electron chi connectivity index (χ4n) is 1.30. The first-order valence-corrected chi connectivity index (χ1v) is 6.82. The van der Waals surface area contributed by atoms with E-state index in [0.29, 0.717) is 11.6 Å². The molecule has 0 N–H and O–H groups in total. The summed E-state index contributed by atoms with van der Waals surface area (Å²) in [5.41, 5.74) is 1.14. The van der Waals surface area contributed by atoms with E-state index in [9.17, 15) is 0 Å². The number of ether oxygens (including phenoxy) is 1. The van der Waals surface area contributed by atoms with Crippen molar-refractivity contribution in [2.24, 2.45) is 0 Å². The lowest BCUT2D eigenvalue weighted by atomic mass is 10.2. The molecule has 0 unspecified atom stereocenters. The molecule has 84 valence electrons. The Balaban J connectivity index is 2.04. The van der Waals surface area contributed by atoms with E-state index in [-0.39, 0.29) is 0 Å². The smallest absolute Gasteiger partial charge is 0.138 e. The van der Waals surface area contributed by atoms with Gasteiger partial charge in [0.05, 0.1) is 5.02 Å². The van der Waals surface area contributed by atoms with Crippen molar-refractivity contribution in [1.29, 1.82) is 0 Å². The van der Waals surface area contributed by atoms with Gasteiger partial charge in [-0.1, -0.05) is 17.7 Å². The number of hydrogen-bond donors (Lipinski definition) is 0. The molecule has 1 nitrogen and oxygen atoms in total. The van der Waals surface area contributed by atoms with E-state index < -0.39 is 0 Å². The zero-order valence-corrected chi connectivity index (χ0v) is 11.8. The molecule has 0 radical (unpaired) electrons. The molecule has 2 aromatic rings. The van der Waals surface area contributed by atoms with Crippen LogP contribution >= 0.6 is 38.9 Å². The Bertz CT molecular complexity index is 496. The van der Waals surface area contributed by atoms with Crippen LogP contribution in [0.2, 0.25) is 5.02 Å². The van der Waals surface area contributed by atoms with Gasteiger partial charge in [0.1, 0.15) is 12.4 Å². The van der Waals surface area contributed by atoms with E-state index in [0.717, 1.165) is 15.8 Å². The van der Waals surface area contributed by atoms with Crippen molar-refractivity contribution in [3.05, 3.63) is 49.6 Å². The third-order valence-corrected chi connectivity index (χ3v) is 4.05. The highest BCUT2D eigenvalue weighted by molar-refractivity contribution is 9.10. The van der Waals surface area contributed by atoms with Crippen LogP contribution in [0, 0.1) is 6.92 Å². The molecule has 2 rings (SSSR count). The van der Waals surface area contributed by atoms with Crippen molar-refractivity contribution in [2.75, 3.05) is 0 Å². The lowest BCUT2D eigenvalue weighted by molar-refractivity contribution is 0.310. The minimum atomic E-state index is 0.555. The Morgan fingerprint density at radius 2 is 2.19 bits per heavy atom. The molecule has 0 aliphatic rings. The number of aryl methyl sites for hydroxylation is 1. The van der Waals surface area contributed by atoms with Gasteiger partial charge in [-0.15, -0.1) is 11.3 Å². The van der Waals surface area contributed by atoms with Crippen molar-refractivity contribution >= 4 is 38.9 Å². The van der Waals surface area contributed by atoms with Gasteiger partial charge in [-0.05, 0) is 46.6 Å². The fourth-order valence-corrected chi connectivity index (χ4v) is 2.95. The summed E-state index contributed by atoms with van der Waals surface area (Å²) in [4.78, 5) is 1.17. The van der Waals surface area contributed by atoms with Gasteiger partial charge in [0.25, 0.3) is 0 Å². The molecule has 0 fully saturated rings. The van der Waals surface area contributed by atoms with Crippen molar-refractivity contribution in [3.8, 4) is 5.75 Å². The maximum absolute atomic E-state index is 6.07. The number of hydrogen-bond acceptors (Lipinski definition) is 2. The van der Waals surface area contributed by atoms with Crippen LogP contribution in [0.15, 0.2) is 34.1 Å². The Kier molecular flexibility index (Phi) is 3.90. The summed E-state index contributed by atoms with van der Waals surface area (Å²) >= 11 is 11.1. The Labute approximate surface area is 112 Å². The van der Waals surface area contributed by atoms with E-state index in [2.05, 4.69) is 15.9 Å². The molecule has 0 bridgehead atoms. The van der Waals surface area contributed by atoms with Crippen molar-refractivity contribution in [3.63, 3.8) is 0 Å². The van der Waals surface area contributed by atoms with Crippen LogP contribution < -0.4 is 4.74 Å². The van der Waals surface area contributed by atoms with E-state index in [1.165, 1.54) is 4.88 Å². The highest BCUT2D eigenvalue weighted by Crippen LogP contribution is 2.27. The standard InChI is InChI=1S/C12H10BrClOS/c1-8-2-3-12(11(14)4-8)15-6-10-5-9(13)7-16-10/h2-5,7H,6H2,1H3. The fraction of sp³-hybridized carbons (Fsp3) is 0.167. The highest BCUT2D eigenvalue weighted by atomic mass is 79.9. The molecular formula is C12H10BrClOS. The van der Waals surface area contributed by atoms with Gasteiger partial charge in [0.15, 0.2) is 0 Å². The Morgan fingerprint density at radius 1 is 1.38 bits per heavy atom. The predicted octanol–water partition coefficient (Wildman–Crippen LogP) is 5.05. The molecule has 16 heavy (non-hydrogen) atoms. The molecule has 1 aromatic carbocycles. The Morgan fingerprint density at radius 3 is 2.81 bits per heavy atom. The number of rotatable bonds is 3. The van der Waals surface area contributed by atoms with Crippen LogP contribution in [-0.4, -0.2) is 0 Å². The lowest BCUT2D eigenvalue weighted by Crippen LogP contribution is -1.93. The van der Waals surface area contributed by atoms with Crippen LogP contribution in [0.5, 0.6) is 5.75 Å². The van der Waals surface area contributed by atoms with Gasteiger partial charge in [-0.3, -0.25) is 0 Å². The van der Waals surface area contributed by atoms with Gasteiger partial charge in [0, 0.05) is 14.7 Å². The van der Waals surface area contributed by atoms with E-state index in [4.69, 9.17) is 16.3 Å². The average Bonchev–Trinajstić information content (AvgIpc) is 2.63. The summed E-state index contributed by atoms with van der Waals surface area (Å²) in [6.07, 6.45) is 0. The van der Waals surface area contributed by atoms with Gasteiger partial charge in [-0.25, -0.2) is 0 Å². The minimum Gasteiger partial charge on any atom is -0.487 e. The molecule has 0 atom stereocenters. The van der Waals surface area contributed by atoms with E-state index in [1.54, 1.807) is 11.3 Å². The SMILES string of the molecule is Cc1ccc(OCc2cc(Br)cs2)c(Cl)c1. The monoisotopic (exact) mass is 316 g/mol. The van der Waals surface area contributed by atoms with Crippen molar-refractivity contribution < 1.29 is 4.74 Å². The summed E-state index contributed by atoms with van der Waals surface area (Å²) in [5.74, 6) is 0.733. The average molecular weight is 318 g/mol. The van der Waals surface area contributed by atoms with Crippen LogP contribution in [0.1, 0.15) is 10.4 Å². The molecule has 0 spiro atoms. The second-order valence-corrected chi connectivity index (χ2v) is 5.77. The maximum Gasteiger partial charge on any atom is 0.138 e. The topological polar surface area (TPSA) is 9.23 Å². The summed E-state index contributed by atoms with van der Waals surface area (Å²) in [5, 5.41) is 2.70. The second-order valence-electron chi connectivity index (χ2n) is 3.45. The number of halogens is 2. The molecule has 0 saturated heterocycles. The van der Waals surface area contributed by atoms with Crippen LogP contribution in [0.3, 0.4) is 0 Å². The van der Waals surface area contributed by atoms with Gasteiger partial charge in [0.2, 0.25) is 0 Å². The zero-order valence-electron chi connectivity index (χ0n) is 8.67. The van der Waals surface area contributed by atoms with Gasteiger partial charge in [-0.2, -0.15) is 0 Å². The first-order chi connectivity index (χ1) is 7.65. The number of thiophene rings is 1. The van der Waals surface area contributed by atoms with Crippen molar-refractivity contribution in [2.45, 2.75) is 13.5 Å². The van der Waals surface area contributed by atoms with Crippen LogP contribution in [-0.2, 0) is 6.61 Å². The lowest BCUT2D eigenvalue weighted by Gasteiger charge is -2.07. The maximum atomic E-state index is 6.07. The first-order valence-electron chi connectivity index (χ1n) is 4.77. The molecule has 1 aromatic heterocycles. The molecular weight excluding hydrogens is 308 g/mol. The van der Waals surface area contributed by atoms with Gasteiger partial charge >= 0.3 is 0 Å². The first kappa shape index (κ1) is 12.0. The van der Waals surface area contributed by atoms with Crippen LogP contribution in [0.25, 0.3) is 0 Å². The molecule has 0 amide bonds. The van der Waals surface area contributed by atoms with Crippen molar-refractivity contribution in [1.82, 2.24) is 0 Å². The van der Waals surface area contributed by atoms with E-state index in [1.807, 2.05) is 36.6 Å². The summed E-state index contributed by atoms with van der Waals surface area (Å²) < 4.78 is 6.74. The summed E-state index contributed by atoms with van der Waals surface area (Å²) in [6, 6.07) is 7.85. The molecule has 0 aliphatic heterocycles. The third-order valence-electron chi connectivity index (χ3n) is 2.08. The molecule has 0 saturated carbocycles. The molecule has 4 heteroatoms. The number of benzene rings is 1. The normalized spacial score (nSPS) is 10.4. The summed E-state index contributed by atoms with van der Waals surface area (Å²) in [6.45, 7) is 2.56. The summed E-state index contributed by atoms with van der Waals surface area (Å²) in [7, 11) is 0. The zero-order chi connectivity index (χ0) is 11.5. The van der Waals surface area contributed by atoms with Gasteiger partial charge < -0.3 is 4.74 Å². The second kappa shape index (κ2) is 5.21. The minimum absolute atomic E-state index is 0.555. The third kappa shape index (κ3) is 3.00. The Hall–Kier alpha value is -0.510. The highest BCUT2D eigenvalue weighted by Gasteiger charge is 2.03. The quantitative estimate of drug-likeness (QED) is 0.769. The van der Waals surface area contributed by atoms with E-state index >= 15 is 0 Å².